The lowest BCUT2D eigenvalue weighted by Gasteiger charge is -2.26. The van der Waals surface area contributed by atoms with Gasteiger partial charge in [0, 0.05) is 6.61 Å². The number of hydrogen-bond donors (Lipinski definition) is 1. The number of carbonyl (C=O) groups is 1. The number of ether oxygens (including phenoxy) is 2. The van der Waals surface area contributed by atoms with Gasteiger partial charge in [0.25, 0.3) is 0 Å². The molecule has 1 unspecified atom stereocenters. The first-order chi connectivity index (χ1) is 7.65. The van der Waals surface area contributed by atoms with Crippen molar-refractivity contribution in [3.05, 3.63) is 0 Å². The first-order valence-corrected chi connectivity index (χ1v) is 6.10. The average Bonchev–Trinajstić information content (AvgIpc) is 3.11. The Morgan fingerprint density at radius 1 is 1.44 bits per heavy atom. The SMILES string of the molecule is CCCCCOCC(N)(C(=O)OC)C1CC1. The summed E-state index contributed by atoms with van der Waals surface area (Å²) in [6.45, 7) is 3.11. The summed E-state index contributed by atoms with van der Waals surface area (Å²) in [5, 5.41) is 0. The van der Waals surface area contributed by atoms with Gasteiger partial charge >= 0.3 is 5.97 Å². The Balaban J connectivity index is 2.31. The van der Waals surface area contributed by atoms with Crippen LogP contribution < -0.4 is 5.73 Å². The normalized spacial score (nSPS) is 19.2. The summed E-state index contributed by atoms with van der Waals surface area (Å²) < 4.78 is 10.3. The van der Waals surface area contributed by atoms with Crippen LogP contribution in [0.4, 0.5) is 0 Å². The molecule has 0 radical (unpaired) electrons. The number of nitrogens with two attached hydrogens (primary N) is 1. The minimum Gasteiger partial charge on any atom is -0.468 e. The van der Waals surface area contributed by atoms with E-state index in [2.05, 4.69) is 6.92 Å². The van der Waals surface area contributed by atoms with E-state index >= 15 is 0 Å². The monoisotopic (exact) mass is 229 g/mol. The van der Waals surface area contributed by atoms with Gasteiger partial charge in [-0.1, -0.05) is 19.8 Å². The predicted octanol–water partition coefficient (Wildman–Crippen LogP) is 1.47. The van der Waals surface area contributed by atoms with Crippen molar-refractivity contribution in [2.24, 2.45) is 11.7 Å². The Bertz CT molecular complexity index is 228. The molecule has 4 nitrogen and oxygen atoms in total. The fourth-order valence-corrected chi connectivity index (χ4v) is 1.83. The second-order valence-corrected chi connectivity index (χ2v) is 4.57. The highest BCUT2D eigenvalue weighted by molar-refractivity contribution is 5.81. The van der Waals surface area contributed by atoms with E-state index in [0.717, 1.165) is 32.1 Å². The second-order valence-electron chi connectivity index (χ2n) is 4.57. The van der Waals surface area contributed by atoms with Crippen LogP contribution in [0.5, 0.6) is 0 Å². The van der Waals surface area contributed by atoms with Gasteiger partial charge in [-0.05, 0) is 25.2 Å². The van der Waals surface area contributed by atoms with Crippen molar-refractivity contribution in [2.75, 3.05) is 20.3 Å². The lowest BCUT2D eigenvalue weighted by molar-refractivity contribution is -0.150. The van der Waals surface area contributed by atoms with Gasteiger partial charge in [0.1, 0.15) is 5.54 Å². The molecule has 0 bridgehead atoms. The van der Waals surface area contributed by atoms with E-state index in [0.29, 0.717) is 6.61 Å². The highest BCUT2D eigenvalue weighted by Crippen LogP contribution is 2.39. The summed E-state index contributed by atoms with van der Waals surface area (Å²) in [6.07, 6.45) is 5.35. The summed E-state index contributed by atoms with van der Waals surface area (Å²) in [5.41, 5.74) is 5.16. The maximum atomic E-state index is 11.6. The minimum absolute atomic E-state index is 0.242. The largest absolute Gasteiger partial charge is 0.468 e. The molecule has 16 heavy (non-hydrogen) atoms. The number of carbonyl (C=O) groups excluding carboxylic acids is 1. The van der Waals surface area contributed by atoms with Crippen LogP contribution in [0.25, 0.3) is 0 Å². The molecule has 0 aromatic carbocycles. The van der Waals surface area contributed by atoms with Gasteiger partial charge in [-0.3, -0.25) is 0 Å². The fraction of sp³-hybridized carbons (Fsp3) is 0.917. The van der Waals surface area contributed by atoms with Crippen LogP contribution in [0.3, 0.4) is 0 Å². The molecule has 1 saturated carbocycles. The number of methoxy groups -OCH3 is 1. The summed E-state index contributed by atoms with van der Waals surface area (Å²) in [7, 11) is 1.38. The molecule has 0 heterocycles. The Labute approximate surface area is 97.5 Å². The summed E-state index contributed by atoms with van der Waals surface area (Å²) in [4.78, 5) is 11.6. The first-order valence-electron chi connectivity index (χ1n) is 6.10. The van der Waals surface area contributed by atoms with Crippen LogP contribution >= 0.6 is 0 Å². The number of esters is 1. The molecule has 1 aliphatic rings. The molecule has 1 fully saturated rings. The van der Waals surface area contributed by atoms with Crippen LogP contribution in [-0.4, -0.2) is 31.8 Å². The Kier molecular flexibility index (Phi) is 5.22. The van der Waals surface area contributed by atoms with E-state index in [-0.39, 0.29) is 18.5 Å². The number of hydrogen-bond acceptors (Lipinski definition) is 4. The van der Waals surface area contributed by atoms with E-state index in [4.69, 9.17) is 15.2 Å². The molecule has 0 spiro atoms. The van der Waals surface area contributed by atoms with Gasteiger partial charge < -0.3 is 15.2 Å². The zero-order valence-corrected chi connectivity index (χ0v) is 10.3. The van der Waals surface area contributed by atoms with Crippen LogP contribution in [0, 0.1) is 5.92 Å². The molecule has 0 saturated heterocycles. The van der Waals surface area contributed by atoms with Crippen molar-refractivity contribution in [2.45, 2.75) is 44.6 Å². The fourth-order valence-electron chi connectivity index (χ4n) is 1.83. The molecular formula is C12H23NO3. The molecule has 2 N–H and O–H groups in total. The van der Waals surface area contributed by atoms with Gasteiger partial charge in [0.05, 0.1) is 13.7 Å². The quantitative estimate of drug-likeness (QED) is 0.506. The van der Waals surface area contributed by atoms with Crippen molar-refractivity contribution in [1.29, 1.82) is 0 Å². The molecule has 1 aliphatic carbocycles. The van der Waals surface area contributed by atoms with Gasteiger partial charge in [-0.2, -0.15) is 0 Å². The summed E-state index contributed by atoms with van der Waals surface area (Å²) in [5.74, 6) is -0.100. The zero-order valence-electron chi connectivity index (χ0n) is 10.3. The molecular weight excluding hydrogens is 206 g/mol. The van der Waals surface area contributed by atoms with E-state index in [1.54, 1.807) is 0 Å². The zero-order chi connectivity index (χ0) is 12.0. The molecule has 1 atom stereocenters. The van der Waals surface area contributed by atoms with Gasteiger partial charge in [0.2, 0.25) is 0 Å². The average molecular weight is 229 g/mol. The lowest BCUT2D eigenvalue weighted by Crippen LogP contribution is -2.54. The topological polar surface area (TPSA) is 61.5 Å². The third-order valence-electron chi connectivity index (χ3n) is 3.10. The Morgan fingerprint density at radius 2 is 2.12 bits per heavy atom. The summed E-state index contributed by atoms with van der Waals surface area (Å²) >= 11 is 0. The summed E-state index contributed by atoms with van der Waals surface area (Å²) in [6, 6.07) is 0. The van der Waals surface area contributed by atoms with Gasteiger partial charge in [0.15, 0.2) is 0 Å². The maximum absolute atomic E-state index is 11.6. The van der Waals surface area contributed by atoms with E-state index in [1.807, 2.05) is 0 Å². The van der Waals surface area contributed by atoms with E-state index < -0.39 is 5.54 Å². The van der Waals surface area contributed by atoms with Crippen molar-refractivity contribution >= 4 is 5.97 Å². The molecule has 4 heteroatoms. The van der Waals surface area contributed by atoms with Gasteiger partial charge in [-0.15, -0.1) is 0 Å². The van der Waals surface area contributed by atoms with Gasteiger partial charge in [-0.25, -0.2) is 4.79 Å². The van der Waals surface area contributed by atoms with Crippen molar-refractivity contribution in [3.63, 3.8) is 0 Å². The molecule has 0 aromatic rings. The Hall–Kier alpha value is -0.610. The first kappa shape index (κ1) is 13.5. The van der Waals surface area contributed by atoms with Crippen LogP contribution in [0.1, 0.15) is 39.0 Å². The molecule has 1 rings (SSSR count). The molecule has 94 valence electrons. The minimum atomic E-state index is -0.916. The van der Waals surface area contributed by atoms with E-state index in [1.165, 1.54) is 7.11 Å². The number of rotatable bonds is 8. The third-order valence-corrected chi connectivity index (χ3v) is 3.10. The lowest BCUT2D eigenvalue weighted by atomic mass is 9.96. The molecule has 0 amide bonds. The van der Waals surface area contributed by atoms with Crippen LogP contribution in [0.2, 0.25) is 0 Å². The predicted molar refractivity (Wildman–Crippen MR) is 62.0 cm³/mol. The number of unbranched alkanes of at least 4 members (excludes halogenated alkanes) is 2. The van der Waals surface area contributed by atoms with Crippen molar-refractivity contribution in [1.82, 2.24) is 0 Å². The molecule has 0 aromatic heterocycles. The highest BCUT2D eigenvalue weighted by atomic mass is 16.5. The van der Waals surface area contributed by atoms with Crippen molar-refractivity contribution < 1.29 is 14.3 Å². The standard InChI is InChI=1S/C12H23NO3/c1-3-4-5-8-16-9-12(13,10-6-7-10)11(14)15-2/h10H,3-9,13H2,1-2H3. The van der Waals surface area contributed by atoms with Crippen molar-refractivity contribution in [3.8, 4) is 0 Å². The third kappa shape index (κ3) is 3.46. The van der Waals surface area contributed by atoms with E-state index in [9.17, 15) is 4.79 Å². The van der Waals surface area contributed by atoms with Crippen LogP contribution in [0.15, 0.2) is 0 Å². The smallest absolute Gasteiger partial charge is 0.328 e. The highest BCUT2D eigenvalue weighted by Gasteiger charge is 2.49. The second kappa shape index (κ2) is 6.21. The maximum Gasteiger partial charge on any atom is 0.328 e. The van der Waals surface area contributed by atoms with Crippen LogP contribution in [-0.2, 0) is 14.3 Å². The molecule has 0 aliphatic heterocycles. The Morgan fingerprint density at radius 3 is 2.62 bits per heavy atom.